The van der Waals surface area contributed by atoms with Crippen LogP contribution >= 0.6 is 0 Å². The van der Waals surface area contributed by atoms with Gasteiger partial charge in [-0.2, -0.15) is 0 Å². The van der Waals surface area contributed by atoms with Crippen LogP contribution < -0.4 is 14.8 Å². The first-order valence-corrected chi connectivity index (χ1v) is 7.12. The molecule has 118 valence electrons. The molecule has 2 heterocycles. The van der Waals surface area contributed by atoms with E-state index in [2.05, 4.69) is 5.32 Å². The van der Waals surface area contributed by atoms with Gasteiger partial charge in [-0.25, -0.2) is 0 Å². The predicted molar refractivity (Wildman–Crippen MR) is 76.7 cm³/mol. The average molecular weight is 306 g/mol. The Kier molecular flexibility index (Phi) is 4.15. The van der Waals surface area contributed by atoms with E-state index in [4.69, 9.17) is 14.2 Å². The minimum Gasteiger partial charge on any atom is -0.454 e. The molecule has 1 N–H and O–H groups in total. The third kappa shape index (κ3) is 3.30. The fraction of sp³-hybridized carbons (Fsp3) is 0.467. The van der Waals surface area contributed by atoms with Crippen molar-refractivity contribution in [2.45, 2.75) is 12.5 Å². The van der Waals surface area contributed by atoms with Crippen LogP contribution in [0.5, 0.6) is 11.5 Å². The van der Waals surface area contributed by atoms with E-state index >= 15 is 0 Å². The third-order valence-electron chi connectivity index (χ3n) is 3.67. The van der Waals surface area contributed by atoms with Gasteiger partial charge >= 0.3 is 0 Å². The molecule has 7 heteroatoms. The molecular formula is C15H18N2O5. The lowest BCUT2D eigenvalue weighted by Gasteiger charge is -2.29. The van der Waals surface area contributed by atoms with Crippen molar-refractivity contribution in [2.75, 3.05) is 33.5 Å². The number of nitrogens with zero attached hydrogens (tertiary/aromatic N) is 1. The topological polar surface area (TPSA) is 77.1 Å². The van der Waals surface area contributed by atoms with Gasteiger partial charge in [-0.15, -0.1) is 0 Å². The molecule has 1 aromatic rings. The van der Waals surface area contributed by atoms with Gasteiger partial charge < -0.3 is 24.4 Å². The lowest BCUT2D eigenvalue weighted by Crippen LogP contribution is -2.48. The minimum absolute atomic E-state index is 0.0389. The van der Waals surface area contributed by atoms with Gasteiger partial charge in [0.05, 0.1) is 12.5 Å². The van der Waals surface area contributed by atoms with E-state index in [0.29, 0.717) is 24.6 Å². The van der Waals surface area contributed by atoms with Gasteiger partial charge in [-0.1, -0.05) is 6.07 Å². The number of hydrogen-bond acceptors (Lipinski definition) is 5. The number of carbonyl (C=O) groups excluding carboxylic acids is 2. The fourth-order valence-electron chi connectivity index (χ4n) is 2.41. The Morgan fingerprint density at radius 2 is 2.18 bits per heavy atom. The van der Waals surface area contributed by atoms with Gasteiger partial charge in [0.25, 0.3) is 0 Å². The highest BCUT2D eigenvalue weighted by molar-refractivity contribution is 5.79. The largest absolute Gasteiger partial charge is 0.454 e. The second-order valence-electron chi connectivity index (χ2n) is 5.38. The van der Waals surface area contributed by atoms with Crippen molar-refractivity contribution < 1.29 is 23.8 Å². The second kappa shape index (κ2) is 6.23. The van der Waals surface area contributed by atoms with E-state index in [9.17, 15) is 9.59 Å². The number of carbonyl (C=O) groups is 2. The number of ether oxygens (including phenoxy) is 3. The molecule has 1 aromatic carbocycles. The molecule has 0 unspecified atom stereocenters. The van der Waals surface area contributed by atoms with Crippen LogP contribution in [0.2, 0.25) is 0 Å². The zero-order valence-electron chi connectivity index (χ0n) is 12.3. The lowest BCUT2D eigenvalue weighted by atomic mass is 10.1. The van der Waals surface area contributed by atoms with Gasteiger partial charge in [-0.3, -0.25) is 9.59 Å². The zero-order chi connectivity index (χ0) is 15.5. The summed E-state index contributed by atoms with van der Waals surface area (Å²) in [4.78, 5) is 24.9. The molecule has 0 bridgehead atoms. The normalized spacial score (nSPS) is 20.1. The Bertz CT molecular complexity index is 589. The standard InChI is InChI=1S/C15H18N2O5/c1-17-7-11(20-8-15(17)19)6-16-14(18)5-10-2-3-12-13(4-10)22-9-21-12/h2-4,11H,5-9H2,1H3,(H,16,18)/t11-/m1/s1. The van der Waals surface area contributed by atoms with E-state index in [1.54, 1.807) is 18.0 Å². The van der Waals surface area contributed by atoms with E-state index < -0.39 is 0 Å². The van der Waals surface area contributed by atoms with Gasteiger partial charge in [0.15, 0.2) is 11.5 Å². The molecule has 3 rings (SSSR count). The molecule has 7 nitrogen and oxygen atoms in total. The summed E-state index contributed by atoms with van der Waals surface area (Å²) < 4.78 is 15.9. The van der Waals surface area contributed by atoms with Gasteiger partial charge in [0.1, 0.15) is 6.61 Å². The quantitative estimate of drug-likeness (QED) is 0.843. The summed E-state index contributed by atoms with van der Waals surface area (Å²) in [5.74, 6) is 1.23. The van der Waals surface area contributed by atoms with E-state index in [1.807, 2.05) is 12.1 Å². The number of rotatable bonds is 4. The van der Waals surface area contributed by atoms with Crippen LogP contribution in [0.3, 0.4) is 0 Å². The van der Waals surface area contributed by atoms with E-state index in [1.165, 1.54) is 0 Å². The molecule has 1 saturated heterocycles. The number of fused-ring (bicyclic) bond motifs is 1. The lowest BCUT2D eigenvalue weighted by molar-refractivity contribution is -0.146. The Morgan fingerprint density at radius 1 is 1.36 bits per heavy atom. The summed E-state index contributed by atoms with van der Waals surface area (Å²) >= 11 is 0. The molecule has 0 saturated carbocycles. The number of hydrogen-bond donors (Lipinski definition) is 1. The predicted octanol–water partition coefficient (Wildman–Crippen LogP) is -0.0688. The van der Waals surface area contributed by atoms with Crippen molar-refractivity contribution in [3.8, 4) is 11.5 Å². The van der Waals surface area contributed by atoms with Crippen LogP contribution in [0.15, 0.2) is 18.2 Å². The van der Waals surface area contributed by atoms with Crippen LogP contribution in [0, 0.1) is 0 Å². The summed E-state index contributed by atoms with van der Waals surface area (Å²) in [6.07, 6.45) is 0.0985. The van der Waals surface area contributed by atoms with Crippen LogP contribution in [0.25, 0.3) is 0 Å². The number of likely N-dealkylation sites (N-methyl/N-ethyl adjacent to an activating group) is 1. The van der Waals surface area contributed by atoms with Crippen molar-refractivity contribution in [2.24, 2.45) is 0 Å². The maximum absolute atomic E-state index is 12.0. The third-order valence-corrected chi connectivity index (χ3v) is 3.67. The average Bonchev–Trinajstić information content (AvgIpc) is 2.96. The number of amides is 2. The monoisotopic (exact) mass is 306 g/mol. The van der Waals surface area contributed by atoms with Gasteiger partial charge in [0.2, 0.25) is 18.6 Å². The summed E-state index contributed by atoms with van der Waals surface area (Å²) in [5, 5.41) is 2.83. The minimum atomic E-state index is -0.164. The molecule has 0 aliphatic carbocycles. The highest BCUT2D eigenvalue weighted by atomic mass is 16.7. The summed E-state index contributed by atoms with van der Waals surface area (Å²) in [7, 11) is 1.73. The molecule has 0 radical (unpaired) electrons. The van der Waals surface area contributed by atoms with Gasteiger partial charge in [-0.05, 0) is 17.7 Å². The fourth-order valence-corrected chi connectivity index (χ4v) is 2.41. The van der Waals surface area contributed by atoms with Crippen molar-refractivity contribution in [3.05, 3.63) is 23.8 Å². The zero-order valence-corrected chi connectivity index (χ0v) is 12.3. The van der Waals surface area contributed by atoms with E-state index in [-0.39, 0.29) is 37.7 Å². The molecule has 2 aliphatic heterocycles. The maximum Gasteiger partial charge on any atom is 0.248 e. The molecule has 0 aromatic heterocycles. The number of nitrogens with one attached hydrogen (secondary N) is 1. The van der Waals surface area contributed by atoms with Crippen LogP contribution in [0.1, 0.15) is 5.56 Å². The van der Waals surface area contributed by atoms with Crippen LogP contribution in [-0.2, 0) is 20.7 Å². The summed E-state index contributed by atoms with van der Waals surface area (Å²) in [5.41, 5.74) is 0.860. The summed E-state index contributed by atoms with van der Waals surface area (Å²) in [6, 6.07) is 5.46. The molecule has 1 fully saturated rings. The number of morpholine rings is 1. The van der Waals surface area contributed by atoms with Crippen molar-refractivity contribution in [1.82, 2.24) is 10.2 Å². The highest BCUT2D eigenvalue weighted by Gasteiger charge is 2.23. The second-order valence-corrected chi connectivity index (χ2v) is 5.38. The molecule has 1 atom stereocenters. The first-order chi connectivity index (χ1) is 10.6. The maximum atomic E-state index is 12.0. The van der Waals surface area contributed by atoms with E-state index in [0.717, 1.165) is 5.56 Å². The Balaban J connectivity index is 1.47. The first kappa shape index (κ1) is 14.6. The van der Waals surface area contributed by atoms with Crippen molar-refractivity contribution >= 4 is 11.8 Å². The van der Waals surface area contributed by atoms with Crippen LogP contribution in [0.4, 0.5) is 0 Å². The van der Waals surface area contributed by atoms with Gasteiger partial charge in [0, 0.05) is 20.1 Å². The molecule has 0 spiro atoms. The van der Waals surface area contributed by atoms with Crippen molar-refractivity contribution in [3.63, 3.8) is 0 Å². The molecule has 22 heavy (non-hydrogen) atoms. The molecular weight excluding hydrogens is 288 g/mol. The SMILES string of the molecule is CN1C[C@@H](CNC(=O)Cc2ccc3c(c2)OCO3)OCC1=O. The first-order valence-electron chi connectivity index (χ1n) is 7.12. The Hall–Kier alpha value is -2.28. The molecule has 2 amide bonds. The smallest absolute Gasteiger partial charge is 0.248 e. The summed E-state index contributed by atoms with van der Waals surface area (Å²) in [6.45, 7) is 1.17. The number of benzene rings is 1. The van der Waals surface area contributed by atoms with Crippen molar-refractivity contribution in [1.29, 1.82) is 0 Å². The highest BCUT2D eigenvalue weighted by Crippen LogP contribution is 2.32. The Labute approximate surface area is 128 Å². The Morgan fingerprint density at radius 3 is 3.00 bits per heavy atom. The molecule has 2 aliphatic rings. The van der Waals surface area contributed by atoms with Crippen LogP contribution in [-0.4, -0.2) is 56.4 Å².